The van der Waals surface area contributed by atoms with Gasteiger partial charge in [-0.15, -0.1) is 0 Å². The summed E-state index contributed by atoms with van der Waals surface area (Å²) in [5.74, 6) is 0. The lowest BCUT2D eigenvalue weighted by Crippen LogP contribution is -2.44. The second-order valence-corrected chi connectivity index (χ2v) is 6.07. The number of aryl methyl sites for hydroxylation is 2. The molecular weight excluding hydrogens is 248 g/mol. The Kier molecular flexibility index (Phi) is 5.19. The molecule has 0 saturated carbocycles. The van der Waals surface area contributed by atoms with Gasteiger partial charge in [0.15, 0.2) is 0 Å². The first-order valence-electron chi connectivity index (χ1n) is 7.69. The van der Waals surface area contributed by atoms with E-state index < -0.39 is 0 Å². The molecule has 1 aromatic rings. The van der Waals surface area contributed by atoms with Crippen LogP contribution in [0.15, 0.2) is 6.07 Å². The molecule has 2 rings (SSSR count). The van der Waals surface area contributed by atoms with E-state index in [-0.39, 0.29) is 6.10 Å². The quantitative estimate of drug-likeness (QED) is 0.885. The number of benzene rings is 1. The minimum absolute atomic E-state index is 0.344. The Hall–Kier alpha value is -0.900. The first-order valence-corrected chi connectivity index (χ1v) is 7.69. The van der Waals surface area contributed by atoms with Crippen molar-refractivity contribution >= 4 is 0 Å². The molecule has 1 heterocycles. The third kappa shape index (κ3) is 3.40. The lowest BCUT2D eigenvalue weighted by molar-refractivity contribution is 0.135. The van der Waals surface area contributed by atoms with Crippen LogP contribution in [0.3, 0.4) is 0 Å². The van der Waals surface area contributed by atoms with E-state index in [0.29, 0.717) is 0 Å². The molecule has 0 spiro atoms. The summed E-state index contributed by atoms with van der Waals surface area (Å²) in [6, 6.07) is 2.22. The Balaban J connectivity index is 2.06. The molecule has 0 radical (unpaired) electrons. The summed E-state index contributed by atoms with van der Waals surface area (Å²) in [7, 11) is 0. The number of nitrogens with zero attached hydrogens (tertiary/aromatic N) is 1. The number of rotatable bonds is 4. The molecule has 0 aliphatic carbocycles. The fourth-order valence-corrected chi connectivity index (χ4v) is 3.13. The molecule has 2 N–H and O–H groups in total. The van der Waals surface area contributed by atoms with Crippen LogP contribution in [-0.4, -0.2) is 42.7 Å². The Morgan fingerprint density at radius 3 is 2.20 bits per heavy atom. The second-order valence-electron chi connectivity index (χ2n) is 6.07. The van der Waals surface area contributed by atoms with Crippen LogP contribution in [0, 0.1) is 27.7 Å². The summed E-state index contributed by atoms with van der Waals surface area (Å²) >= 11 is 0. The molecule has 1 aliphatic heterocycles. The summed E-state index contributed by atoms with van der Waals surface area (Å²) < 4.78 is 0. The van der Waals surface area contributed by atoms with Crippen molar-refractivity contribution in [2.45, 2.75) is 40.2 Å². The van der Waals surface area contributed by atoms with Crippen molar-refractivity contribution in [3.63, 3.8) is 0 Å². The van der Waals surface area contributed by atoms with Gasteiger partial charge < -0.3 is 15.3 Å². The second kappa shape index (κ2) is 6.70. The van der Waals surface area contributed by atoms with Gasteiger partial charge in [0.25, 0.3) is 0 Å². The lowest BCUT2D eigenvalue weighted by atomic mass is 9.90. The summed E-state index contributed by atoms with van der Waals surface area (Å²) in [5, 5.41) is 14.0. The lowest BCUT2D eigenvalue weighted by Gasteiger charge is -2.28. The van der Waals surface area contributed by atoms with Crippen molar-refractivity contribution in [1.82, 2.24) is 10.2 Å². The first-order chi connectivity index (χ1) is 9.50. The third-order valence-corrected chi connectivity index (χ3v) is 4.69. The molecule has 1 unspecified atom stereocenters. The molecule has 0 amide bonds. The van der Waals surface area contributed by atoms with Crippen LogP contribution in [0.5, 0.6) is 0 Å². The van der Waals surface area contributed by atoms with Crippen molar-refractivity contribution in [2.24, 2.45) is 0 Å². The maximum Gasteiger partial charge on any atom is 0.0807 e. The van der Waals surface area contributed by atoms with E-state index in [1.807, 2.05) is 0 Å². The molecular formula is C17H28N2O. The van der Waals surface area contributed by atoms with Crippen molar-refractivity contribution in [3.8, 4) is 0 Å². The Morgan fingerprint density at radius 2 is 1.65 bits per heavy atom. The fourth-order valence-electron chi connectivity index (χ4n) is 3.13. The Morgan fingerprint density at radius 1 is 1.10 bits per heavy atom. The molecule has 1 saturated heterocycles. The highest BCUT2D eigenvalue weighted by atomic mass is 16.3. The van der Waals surface area contributed by atoms with Gasteiger partial charge in [0.2, 0.25) is 0 Å². The van der Waals surface area contributed by atoms with Crippen LogP contribution in [0.2, 0.25) is 0 Å². The molecule has 20 heavy (non-hydrogen) atoms. The van der Waals surface area contributed by atoms with Crippen molar-refractivity contribution in [3.05, 3.63) is 33.9 Å². The highest BCUT2D eigenvalue weighted by Crippen LogP contribution is 2.29. The van der Waals surface area contributed by atoms with Crippen molar-refractivity contribution in [2.75, 3.05) is 32.7 Å². The summed E-state index contributed by atoms with van der Waals surface area (Å²) in [5.41, 5.74) is 6.22. The molecule has 1 aromatic carbocycles. The van der Waals surface area contributed by atoms with Crippen LogP contribution >= 0.6 is 0 Å². The number of hydrogen-bond acceptors (Lipinski definition) is 3. The minimum atomic E-state index is -0.344. The topological polar surface area (TPSA) is 35.5 Å². The molecule has 112 valence electrons. The van der Waals surface area contributed by atoms with E-state index in [1.165, 1.54) is 22.3 Å². The third-order valence-electron chi connectivity index (χ3n) is 4.69. The fraction of sp³-hybridized carbons (Fsp3) is 0.647. The average molecular weight is 276 g/mol. The molecule has 0 aromatic heterocycles. The average Bonchev–Trinajstić information content (AvgIpc) is 2.44. The van der Waals surface area contributed by atoms with Crippen molar-refractivity contribution in [1.29, 1.82) is 0 Å². The van der Waals surface area contributed by atoms with Crippen LogP contribution in [-0.2, 0) is 0 Å². The van der Waals surface area contributed by atoms with Crippen LogP contribution in [0.1, 0.15) is 40.3 Å². The standard InChI is InChI=1S/C17H28N2O/c1-12-11-13(2)15(4)17(14(12)3)16(20)5-8-19-9-6-18-7-10-19/h11,16,18,20H,5-10H2,1-4H3. The van der Waals surface area contributed by atoms with Crippen molar-refractivity contribution < 1.29 is 5.11 Å². The summed E-state index contributed by atoms with van der Waals surface area (Å²) in [6.45, 7) is 13.8. The number of aliphatic hydroxyl groups is 1. The molecule has 1 aliphatic rings. The monoisotopic (exact) mass is 276 g/mol. The molecule has 1 fully saturated rings. The maximum absolute atomic E-state index is 10.6. The first kappa shape index (κ1) is 15.5. The Bertz CT molecular complexity index is 438. The van der Waals surface area contributed by atoms with Crippen LogP contribution < -0.4 is 5.32 Å². The van der Waals surface area contributed by atoms with E-state index in [9.17, 15) is 5.11 Å². The number of nitrogens with one attached hydrogen (secondary N) is 1. The minimum Gasteiger partial charge on any atom is -0.388 e. The number of piperazine rings is 1. The van der Waals surface area contributed by atoms with Gasteiger partial charge in [-0.05, 0) is 61.9 Å². The summed E-state index contributed by atoms with van der Waals surface area (Å²) in [6.07, 6.45) is 0.480. The number of aliphatic hydroxyl groups excluding tert-OH is 1. The van der Waals surface area contributed by atoms with E-state index in [0.717, 1.165) is 44.7 Å². The molecule has 1 atom stereocenters. The Labute approximate surface area is 123 Å². The SMILES string of the molecule is Cc1cc(C)c(C)c(C(O)CCN2CCNCC2)c1C. The van der Waals surface area contributed by atoms with E-state index in [1.54, 1.807) is 0 Å². The number of hydrogen-bond donors (Lipinski definition) is 2. The van der Waals surface area contributed by atoms with Gasteiger partial charge in [-0.1, -0.05) is 6.07 Å². The predicted octanol–water partition coefficient (Wildman–Crippen LogP) is 2.25. The normalized spacial score (nSPS) is 18.2. The smallest absolute Gasteiger partial charge is 0.0807 e. The zero-order chi connectivity index (χ0) is 14.7. The highest BCUT2D eigenvalue weighted by Gasteiger charge is 2.18. The van der Waals surface area contributed by atoms with Gasteiger partial charge in [0.1, 0.15) is 0 Å². The van der Waals surface area contributed by atoms with Gasteiger partial charge in [-0.2, -0.15) is 0 Å². The maximum atomic E-state index is 10.6. The van der Waals surface area contributed by atoms with Gasteiger partial charge >= 0.3 is 0 Å². The van der Waals surface area contributed by atoms with E-state index in [4.69, 9.17) is 0 Å². The van der Waals surface area contributed by atoms with Gasteiger partial charge in [-0.3, -0.25) is 0 Å². The van der Waals surface area contributed by atoms with Crippen LogP contribution in [0.25, 0.3) is 0 Å². The summed E-state index contributed by atoms with van der Waals surface area (Å²) in [4.78, 5) is 2.44. The van der Waals surface area contributed by atoms with Crippen LogP contribution in [0.4, 0.5) is 0 Å². The van der Waals surface area contributed by atoms with Gasteiger partial charge in [0, 0.05) is 32.7 Å². The highest BCUT2D eigenvalue weighted by molar-refractivity contribution is 5.45. The van der Waals surface area contributed by atoms with Gasteiger partial charge in [0.05, 0.1) is 6.10 Å². The zero-order valence-corrected chi connectivity index (χ0v) is 13.3. The van der Waals surface area contributed by atoms with Gasteiger partial charge in [-0.25, -0.2) is 0 Å². The molecule has 0 bridgehead atoms. The molecule has 3 nitrogen and oxygen atoms in total. The molecule has 3 heteroatoms. The zero-order valence-electron chi connectivity index (χ0n) is 13.3. The van der Waals surface area contributed by atoms with E-state index in [2.05, 4.69) is 44.0 Å². The largest absolute Gasteiger partial charge is 0.388 e. The van der Waals surface area contributed by atoms with E-state index >= 15 is 0 Å². The predicted molar refractivity (Wildman–Crippen MR) is 84.3 cm³/mol.